The molecule has 0 aliphatic carbocycles. The highest BCUT2D eigenvalue weighted by Crippen LogP contribution is 2.00. The minimum atomic E-state index is -1.02. The second kappa shape index (κ2) is 7.25. The number of carboxylic acid groups (broad SMARTS) is 1. The fourth-order valence-electron chi connectivity index (χ4n) is 0.827. The van der Waals surface area contributed by atoms with Crippen molar-refractivity contribution >= 4 is 18.4 Å². The van der Waals surface area contributed by atoms with Gasteiger partial charge in [-0.2, -0.15) is 0 Å². The number of methoxy groups -OCH3 is 1. The van der Waals surface area contributed by atoms with Crippen molar-refractivity contribution in [2.45, 2.75) is 6.61 Å². The first kappa shape index (κ1) is 15.3. The number of pyridine rings is 1. The summed E-state index contributed by atoms with van der Waals surface area (Å²) in [4.78, 5) is 14.3. The van der Waals surface area contributed by atoms with Crippen LogP contribution in [0, 0.1) is 0 Å². The van der Waals surface area contributed by atoms with Crippen molar-refractivity contribution in [2.24, 2.45) is 0 Å². The lowest BCUT2D eigenvalue weighted by Gasteiger charge is -1.98. The molecule has 1 heterocycles. The molecule has 0 fully saturated rings. The van der Waals surface area contributed by atoms with E-state index in [4.69, 9.17) is 9.84 Å². The van der Waals surface area contributed by atoms with E-state index in [-0.39, 0.29) is 23.6 Å². The normalized spacial score (nSPS) is 8.36. The van der Waals surface area contributed by atoms with E-state index >= 15 is 0 Å². The van der Waals surface area contributed by atoms with Crippen molar-refractivity contribution in [3.63, 3.8) is 0 Å². The summed E-state index contributed by atoms with van der Waals surface area (Å²) in [6.07, 6.45) is 0. The van der Waals surface area contributed by atoms with Crippen molar-refractivity contribution < 1.29 is 20.1 Å². The molecular weight excluding hydrogens is 210 g/mol. The zero-order valence-electron chi connectivity index (χ0n) is 7.56. The first-order valence-corrected chi connectivity index (χ1v) is 3.42. The number of hydrogen-bond donors (Lipinski definition) is 1. The quantitative estimate of drug-likeness (QED) is 0.806. The Bertz CT molecular complexity index is 292. The summed E-state index contributed by atoms with van der Waals surface area (Å²) in [6, 6.07) is 4.81. The van der Waals surface area contributed by atoms with Gasteiger partial charge in [0, 0.05) is 7.11 Å². The smallest absolute Gasteiger partial charge is 0.354 e. The molecule has 0 atom stereocenters. The molecule has 80 valence electrons. The van der Waals surface area contributed by atoms with E-state index in [1.54, 1.807) is 12.1 Å². The molecule has 0 saturated heterocycles. The second-order valence-electron chi connectivity index (χ2n) is 2.25. The third kappa shape index (κ3) is 4.18. The molecule has 0 aliphatic rings. The lowest BCUT2D eigenvalue weighted by atomic mass is 10.3. The van der Waals surface area contributed by atoms with E-state index in [1.165, 1.54) is 13.2 Å². The summed E-state index contributed by atoms with van der Waals surface area (Å²) in [5.41, 5.74) is 0.668. The molecule has 0 bridgehead atoms. The zero-order chi connectivity index (χ0) is 8.97. The zero-order valence-corrected chi connectivity index (χ0v) is 8.37. The Labute approximate surface area is 87.4 Å². The highest BCUT2D eigenvalue weighted by Gasteiger charge is 2.03. The van der Waals surface area contributed by atoms with Crippen LogP contribution in [0.5, 0.6) is 0 Å². The van der Waals surface area contributed by atoms with Crippen LogP contribution < -0.4 is 0 Å². The van der Waals surface area contributed by atoms with Gasteiger partial charge in [-0.25, -0.2) is 9.78 Å². The maximum atomic E-state index is 10.5. The molecule has 14 heavy (non-hydrogen) atoms. The molecule has 0 unspecified atom stereocenters. The fourth-order valence-corrected chi connectivity index (χ4v) is 0.827. The molecule has 0 aliphatic heterocycles. The number of aromatic carboxylic acids is 1. The molecule has 0 spiro atoms. The van der Waals surface area contributed by atoms with Gasteiger partial charge in [-0.1, -0.05) is 6.07 Å². The summed E-state index contributed by atoms with van der Waals surface area (Å²) in [7, 11) is 1.54. The molecular formula is C8H12ClNO4. The summed E-state index contributed by atoms with van der Waals surface area (Å²) in [5, 5.41) is 8.57. The van der Waals surface area contributed by atoms with Crippen LogP contribution in [0.1, 0.15) is 16.2 Å². The molecule has 1 aromatic rings. The molecule has 6 heteroatoms. The first-order chi connectivity index (χ1) is 5.74. The largest absolute Gasteiger partial charge is 0.477 e. The number of halogens is 1. The van der Waals surface area contributed by atoms with Crippen molar-refractivity contribution in [3.8, 4) is 0 Å². The van der Waals surface area contributed by atoms with Crippen molar-refractivity contribution in [1.29, 1.82) is 0 Å². The van der Waals surface area contributed by atoms with E-state index in [0.29, 0.717) is 12.3 Å². The Hall–Kier alpha value is -1.17. The highest BCUT2D eigenvalue weighted by molar-refractivity contribution is 5.85. The fraction of sp³-hybridized carbons (Fsp3) is 0.250. The van der Waals surface area contributed by atoms with Gasteiger partial charge in [0.1, 0.15) is 5.69 Å². The van der Waals surface area contributed by atoms with Gasteiger partial charge < -0.3 is 15.3 Å². The molecule has 0 radical (unpaired) electrons. The third-order valence-electron chi connectivity index (χ3n) is 1.32. The molecule has 0 amide bonds. The van der Waals surface area contributed by atoms with Gasteiger partial charge in [0.25, 0.3) is 0 Å². The minimum Gasteiger partial charge on any atom is -0.477 e. The number of hydrogen-bond acceptors (Lipinski definition) is 3. The van der Waals surface area contributed by atoms with Crippen LogP contribution in [0.15, 0.2) is 18.2 Å². The average Bonchev–Trinajstić information content (AvgIpc) is 2.05. The van der Waals surface area contributed by atoms with E-state index in [1.807, 2.05) is 0 Å². The van der Waals surface area contributed by atoms with E-state index in [0.717, 1.165) is 0 Å². The van der Waals surface area contributed by atoms with Gasteiger partial charge in [0.05, 0.1) is 12.3 Å². The van der Waals surface area contributed by atoms with Gasteiger partial charge in [0.15, 0.2) is 0 Å². The maximum absolute atomic E-state index is 10.5. The van der Waals surface area contributed by atoms with Gasteiger partial charge in [-0.05, 0) is 12.1 Å². The van der Waals surface area contributed by atoms with Crippen molar-refractivity contribution in [3.05, 3.63) is 29.6 Å². The molecule has 3 N–H and O–H groups in total. The Balaban J connectivity index is 0. The maximum Gasteiger partial charge on any atom is 0.354 e. The minimum absolute atomic E-state index is 0. The monoisotopic (exact) mass is 221 g/mol. The van der Waals surface area contributed by atoms with Crippen LogP contribution in [0.3, 0.4) is 0 Å². The Morgan fingerprint density at radius 2 is 2.21 bits per heavy atom. The Kier molecular flexibility index (Phi) is 7.93. The van der Waals surface area contributed by atoms with Crippen LogP contribution in [0.2, 0.25) is 0 Å². The molecule has 5 nitrogen and oxygen atoms in total. The van der Waals surface area contributed by atoms with E-state index < -0.39 is 5.97 Å². The van der Waals surface area contributed by atoms with Gasteiger partial charge in [-0.15, -0.1) is 12.4 Å². The molecule has 0 saturated carbocycles. The van der Waals surface area contributed by atoms with Crippen LogP contribution in [-0.2, 0) is 11.3 Å². The molecule has 0 aromatic carbocycles. The van der Waals surface area contributed by atoms with Crippen LogP contribution in [0.4, 0.5) is 0 Å². The topological polar surface area (TPSA) is 90.9 Å². The summed E-state index contributed by atoms with van der Waals surface area (Å²) >= 11 is 0. The lowest BCUT2D eigenvalue weighted by Crippen LogP contribution is -2.02. The van der Waals surface area contributed by atoms with Crippen LogP contribution >= 0.6 is 12.4 Å². The van der Waals surface area contributed by atoms with E-state index in [9.17, 15) is 4.79 Å². The molecule has 1 aromatic heterocycles. The standard InChI is InChI=1S/C8H9NO3.ClH.H2O/c1-12-5-6-3-2-4-7(9-6)8(10)11;;/h2-4H,5H2,1H3,(H,10,11);1H;1H2. The average molecular weight is 222 g/mol. The lowest BCUT2D eigenvalue weighted by molar-refractivity contribution is 0.0689. The van der Waals surface area contributed by atoms with Crippen LogP contribution in [0.25, 0.3) is 0 Å². The second-order valence-corrected chi connectivity index (χ2v) is 2.25. The summed E-state index contributed by atoms with van der Waals surface area (Å²) in [5.74, 6) is -1.02. The summed E-state index contributed by atoms with van der Waals surface area (Å²) in [6.45, 7) is 0.334. The van der Waals surface area contributed by atoms with Crippen molar-refractivity contribution in [1.82, 2.24) is 4.98 Å². The number of ether oxygens (including phenoxy) is 1. The number of rotatable bonds is 3. The van der Waals surface area contributed by atoms with Gasteiger partial charge >= 0.3 is 5.97 Å². The third-order valence-corrected chi connectivity index (χ3v) is 1.32. The predicted molar refractivity (Wildman–Crippen MR) is 52.8 cm³/mol. The van der Waals surface area contributed by atoms with Crippen LogP contribution in [-0.4, -0.2) is 28.6 Å². The van der Waals surface area contributed by atoms with E-state index in [2.05, 4.69) is 4.98 Å². The number of nitrogens with zero attached hydrogens (tertiary/aromatic N) is 1. The number of aromatic nitrogens is 1. The summed E-state index contributed by atoms with van der Waals surface area (Å²) < 4.78 is 4.81. The number of carboxylic acids is 1. The first-order valence-electron chi connectivity index (χ1n) is 3.42. The van der Waals surface area contributed by atoms with Gasteiger partial charge in [0.2, 0.25) is 0 Å². The van der Waals surface area contributed by atoms with Gasteiger partial charge in [-0.3, -0.25) is 0 Å². The predicted octanol–water partition coefficient (Wildman–Crippen LogP) is 0.523. The Morgan fingerprint density at radius 1 is 1.57 bits per heavy atom. The van der Waals surface area contributed by atoms with Crippen molar-refractivity contribution in [2.75, 3.05) is 7.11 Å². The molecule has 1 rings (SSSR count). The Morgan fingerprint density at radius 3 is 2.71 bits per heavy atom. The SMILES string of the molecule is COCc1cccc(C(=O)O)n1.Cl.O. The highest BCUT2D eigenvalue weighted by atomic mass is 35.5. The number of carbonyl (C=O) groups is 1.